The van der Waals surface area contributed by atoms with Crippen LogP contribution >= 0.6 is 0 Å². The van der Waals surface area contributed by atoms with E-state index in [0.717, 1.165) is 78.4 Å². The van der Waals surface area contributed by atoms with Crippen molar-refractivity contribution in [2.45, 2.75) is 0 Å². The fourth-order valence-electron chi connectivity index (χ4n) is 6.10. The molecule has 0 aliphatic carbocycles. The molecule has 0 amide bonds. The van der Waals surface area contributed by atoms with Crippen molar-refractivity contribution in [3.8, 4) is 67.3 Å². The zero-order valence-corrected chi connectivity index (χ0v) is 27.0. The molecule has 6 nitrogen and oxygen atoms in total. The predicted molar refractivity (Wildman–Crippen MR) is 201 cm³/mol. The van der Waals surface area contributed by atoms with E-state index in [-0.39, 0.29) is 0 Å². The van der Waals surface area contributed by atoms with Gasteiger partial charge in [0.15, 0.2) is 0 Å². The van der Waals surface area contributed by atoms with Gasteiger partial charge in [-0.3, -0.25) is 0 Å². The lowest BCUT2D eigenvalue weighted by Gasteiger charge is -2.13. The van der Waals surface area contributed by atoms with Gasteiger partial charge in [-0.25, -0.2) is 0 Å². The topological polar surface area (TPSA) is 77.3 Å². The fraction of sp³-hybridized carbons (Fsp3) is 0. The average molecular weight is 643 g/mol. The molecule has 2 heterocycles. The standard InChI is InChI=1S/C44H30N6/c1-5-13-33(14-6-1)39-41(35-17-9-3-10-18-35)45-49-47-43(39)37-27-23-31(24-28-37)21-22-32-25-29-38(30-26-32)44-40(34-15-7-2-8-16-34)42(46-50-48-44)36-19-11-4-12-20-36/h1-30H/b22-21+. The largest absolute Gasteiger partial charge is 0.129 e. The summed E-state index contributed by atoms with van der Waals surface area (Å²) in [5, 5.41) is 26.3. The molecule has 6 heteroatoms. The van der Waals surface area contributed by atoms with E-state index in [4.69, 9.17) is 0 Å². The van der Waals surface area contributed by atoms with E-state index in [1.165, 1.54) is 0 Å². The van der Waals surface area contributed by atoms with Crippen molar-refractivity contribution in [1.29, 1.82) is 0 Å². The van der Waals surface area contributed by atoms with Crippen LogP contribution in [-0.2, 0) is 0 Å². The van der Waals surface area contributed by atoms with Crippen molar-refractivity contribution >= 4 is 12.2 Å². The van der Waals surface area contributed by atoms with Crippen LogP contribution in [0.15, 0.2) is 170 Å². The first-order valence-electron chi connectivity index (χ1n) is 16.4. The highest BCUT2D eigenvalue weighted by Gasteiger charge is 2.19. The smallest absolute Gasteiger partial charge is 0.105 e. The Morgan fingerprint density at radius 3 is 0.820 bits per heavy atom. The van der Waals surface area contributed by atoms with E-state index < -0.39 is 0 Å². The van der Waals surface area contributed by atoms with Crippen LogP contribution < -0.4 is 0 Å². The van der Waals surface area contributed by atoms with Crippen molar-refractivity contribution in [3.05, 3.63) is 181 Å². The van der Waals surface area contributed by atoms with Gasteiger partial charge in [0.05, 0.1) is 0 Å². The minimum Gasteiger partial charge on any atom is -0.129 e. The summed E-state index contributed by atoms with van der Waals surface area (Å²) < 4.78 is 0. The number of nitrogens with zero attached hydrogens (tertiary/aromatic N) is 6. The molecular formula is C44H30N6. The summed E-state index contributed by atoms with van der Waals surface area (Å²) in [7, 11) is 0. The van der Waals surface area contributed by atoms with Crippen molar-refractivity contribution in [3.63, 3.8) is 0 Å². The number of aromatic nitrogens is 6. The van der Waals surface area contributed by atoms with Gasteiger partial charge in [0.25, 0.3) is 0 Å². The molecule has 0 unspecified atom stereocenters. The van der Waals surface area contributed by atoms with E-state index in [0.29, 0.717) is 0 Å². The lowest BCUT2D eigenvalue weighted by atomic mass is 9.94. The van der Waals surface area contributed by atoms with Gasteiger partial charge in [0.2, 0.25) is 0 Å². The second-order valence-electron chi connectivity index (χ2n) is 11.8. The molecule has 236 valence electrons. The van der Waals surface area contributed by atoms with Crippen LogP contribution in [0.1, 0.15) is 11.1 Å². The summed E-state index contributed by atoms with van der Waals surface area (Å²) in [6, 6.07) is 57.5. The third-order valence-electron chi connectivity index (χ3n) is 8.58. The van der Waals surface area contributed by atoms with E-state index in [1.54, 1.807) is 0 Å². The van der Waals surface area contributed by atoms with Gasteiger partial charge in [-0.1, -0.05) is 182 Å². The summed E-state index contributed by atoms with van der Waals surface area (Å²) in [6.45, 7) is 0. The Bertz CT molecular complexity index is 2210. The Morgan fingerprint density at radius 1 is 0.260 bits per heavy atom. The first-order valence-corrected chi connectivity index (χ1v) is 16.4. The molecule has 0 spiro atoms. The monoisotopic (exact) mass is 642 g/mol. The Labute approximate surface area is 290 Å². The molecule has 0 saturated heterocycles. The van der Waals surface area contributed by atoms with Crippen LogP contribution in [0.3, 0.4) is 0 Å². The van der Waals surface area contributed by atoms with Crippen LogP contribution in [0.4, 0.5) is 0 Å². The third-order valence-corrected chi connectivity index (χ3v) is 8.58. The number of hydrogen-bond acceptors (Lipinski definition) is 6. The van der Waals surface area contributed by atoms with Crippen LogP contribution in [0.5, 0.6) is 0 Å². The lowest BCUT2D eigenvalue weighted by Crippen LogP contribution is -2.00. The van der Waals surface area contributed by atoms with Crippen molar-refractivity contribution < 1.29 is 0 Å². The van der Waals surface area contributed by atoms with Gasteiger partial charge in [-0.05, 0) is 32.7 Å². The number of benzene rings is 6. The number of hydrogen-bond donors (Lipinski definition) is 0. The third kappa shape index (κ3) is 6.33. The van der Waals surface area contributed by atoms with E-state index in [9.17, 15) is 0 Å². The van der Waals surface area contributed by atoms with E-state index in [1.807, 2.05) is 72.8 Å². The molecule has 0 N–H and O–H groups in total. The molecule has 6 aromatic carbocycles. The zero-order valence-electron chi connectivity index (χ0n) is 27.0. The molecule has 0 saturated carbocycles. The summed E-state index contributed by atoms with van der Waals surface area (Å²) in [6.07, 6.45) is 4.22. The van der Waals surface area contributed by atoms with Crippen LogP contribution in [0.2, 0.25) is 0 Å². The molecule has 0 aliphatic heterocycles. The summed E-state index contributed by atoms with van der Waals surface area (Å²) in [5.41, 5.74) is 13.3. The quantitative estimate of drug-likeness (QED) is 0.154. The second kappa shape index (κ2) is 14.1. The Balaban J connectivity index is 1.08. The second-order valence-corrected chi connectivity index (χ2v) is 11.8. The van der Waals surface area contributed by atoms with Gasteiger partial charge in [-0.2, -0.15) is 0 Å². The van der Waals surface area contributed by atoms with Gasteiger partial charge < -0.3 is 0 Å². The molecule has 2 aromatic heterocycles. The summed E-state index contributed by atoms with van der Waals surface area (Å²) in [4.78, 5) is 0. The highest BCUT2D eigenvalue weighted by molar-refractivity contribution is 5.92. The molecule has 8 aromatic rings. The highest BCUT2D eigenvalue weighted by Crippen LogP contribution is 2.38. The maximum Gasteiger partial charge on any atom is 0.105 e. The van der Waals surface area contributed by atoms with Crippen LogP contribution in [0, 0.1) is 0 Å². The zero-order chi connectivity index (χ0) is 33.5. The predicted octanol–water partition coefficient (Wildman–Crippen LogP) is 10.2. The first-order chi connectivity index (χ1) is 24.8. The maximum atomic E-state index is 4.52. The van der Waals surface area contributed by atoms with Crippen LogP contribution in [0.25, 0.3) is 79.4 Å². The Hall–Kier alpha value is -6.92. The van der Waals surface area contributed by atoms with Crippen molar-refractivity contribution in [2.24, 2.45) is 0 Å². The van der Waals surface area contributed by atoms with Crippen molar-refractivity contribution in [1.82, 2.24) is 30.8 Å². The Morgan fingerprint density at radius 2 is 0.520 bits per heavy atom. The normalized spacial score (nSPS) is 11.1. The Kier molecular flexibility index (Phi) is 8.55. The van der Waals surface area contributed by atoms with E-state index >= 15 is 0 Å². The molecule has 0 aliphatic rings. The molecule has 0 radical (unpaired) electrons. The van der Waals surface area contributed by atoms with Gasteiger partial charge in [0, 0.05) is 33.4 Å². The molecule has 0 fully saturated rings. The SMILES string of the molecule is C(=C\c1ccc(-c2nnnc(-c3ccccc3)c2-c2ccccc2)cc1)/c1ccc(-c2nnnc(-c3ccccc3)c2-c2ccccc2)cc1. The summed E-state index contributed by atoms with van der Waals surface area (Å²) in [5.74, 6) is 0. The average Bonchev–Trinajstić information content (AvgIpc) is 3.21. The molecule has 0 atom stereocenters. The minimum atomic E-state index is 0.792. The first kappa shape index (κ1) is 30.4. The maximum absolute atomic E-state index is 4.52. The fourth-order valence-corrected chi connectivity index (χ4v) is 6.10. The molecule has 8 rings (SSSR count). The number of rotatable bonds is 8. The van der Waals surface area contributed by atoms with Gasteiger partial charge in [-0.15, -0.1) is 20.4 Å². The highest BCUT2D eigenvalue weighted by atomic mass is 15.3. The van der Waals surface area contributed by atoms with Gasteiger partial charge >= 0.3 is 0 Å². The summed E-state index contributed by atoms with van der Waals surface area (Å²) >= 11 is 0. The molecular weight excluding hydrogens is 613 g/mol. The molecule has 50 heavy (non-hydrogen) atoms. The lowest BCUT2D eigenvalue weighted by molar-refractivity contribution is 0.878. The molecule has 0 bridgehead atoms. The minimum absolute atomic E-state index is 0.792. The van der Waals surface area contributed by atoms with Crippen molar-refractivity contribution in [2.75, 3.05) is 0 Å². The van der Waals surface area contributed by atoms with Crippen LogP contribution in [-0.4, -0.2) is 30.8 Å². The van der Waals surface area contributed by atoms with Gasteiger partial charge in [0.1, 0.15) is 22.8 Å². The van der Waals surface area contributed by atoms with E-state index in [2.05, 4.69) is 140 Å².